The number of nitriles is 1. The molecule has 0 unspecified atom stereocenters. The third-order valence-electron chi connectivity index (χ3n) is 2.40. The van der Waals surface area contributed by atoms with Crippen molar-refractivity contribution < 1.29 is 9.18 Å². The number of anilines is 1. The molecule has 90 valence electrons. The molecule has 0 aliphatic rings. The first-order valence-corrected chi connectivity index (χ1v) is 5.20. The fourth-order valence-electron chi connectivity index (χ4n) is 1.48. The Balaban J connectivity index is 2.96. The summed E-state index contributed by atoms with van der Waals surface area (Å²) in [6.07, 6.45) is 0.256. The Bertz CT molecular complexity index is 454. The summed E-state index contributed by atoms with van der Waals surface area (Å²) in [5, 5.41) is 11.1. The van der Waals surface area contributed by atoms with E-state index in [1.807, 2.05) is 6.07 Å². The van der Waals surface area contributed by atoms with Crippen molar-refractivity contribution in [2.75, 3.05) is 26.0 Å². The monoisotopic (exact) mass is 235 g/mol. The second kappa shape index (κ2) is 5.85. The number of rotatable bonds is 4. The molecule has 0 aliphatic carbocycles. The van der Waals surface area contributed by atoms with Crippen molar-refractivity contribution in [3.05, 3.63) is 29.6 Å². The number of halogens is 1. The van der Waals surface area contributed by atoms with E-state index in [0.717, 1.165) is 0 Å². The van der Waals surface area contributed by atoms with Gasteiger partial charge >= 0.3 is 0 Å². The number of carbonyl (C=O) groups excluding carboxylic acids is 1. The number of amides is 1. The summed E-state index contributed by atoms with van der Waals surface area (Å²) < 4.78 is 13.4. The predicted molar refractivity (Wildman–Crippen MR) is 63.1 cm³/mol. The summed E-state index contributed by atoms with van der Waals surface area (Å²) in [5.41, 5.74) is 0.453. The molecule has 17 heavy (non-hydrogen) atoms. The lowest BCUT2D eigenvalue weighted by Crippen LogP contribution is -2.28. The van der Waals surface area contributed by atoms with Gasteiger partial charge in [-0.25, -0.2) is 4.39 Å². The van der Waals surface area contributed by atoms with Crippen molar-refractivity contribution in [2.24, 2.45) is 0 Å². The second-order valence-corrected chi connectivity index (χ2v) is 3.55. The molecule has 0 spiro atoms. The summed E-state index contributed by atoms with van der Waals surface area (Å²) in [7, 11) is 3.15. The van der Waals surface area contributed by atoms with Gasteiger partial charge in [0.2, 0.25) is 0 Å². The first-order valence-electron chi connectivity index (χ1n) is 5.20. The largest absolute Gasteiger partial charge is 0.385 e. The Kier molecular flexibility index (Phi) is 4.46. The van der Waals surface area contributed by atoms with E-state index in [1.54, 1.807) is 20.2 Å². The lowest BCUT2D eigenvalue weighted by atomic mass is 10.1. The molecule has 4 nitrogen and oxygen atoms in total. The number of nitrogens with one attached hydrogen (secondary N) is 1. The van der Waals surface area contributed by atoms with Gasteiger partial charge in [-0.15, -0.1) is 0 Å². The molecule has 1 rings (SSSR count). The van der Waals surface area contributed by atoms with Crippen LogP contribution in [0.5, 0.6) is 0 Å². The Labute approximate surface area is 99.7 Å². The van der Waals surface area contributed by atoms with Gasteiger partial charge in [0, 0.05) is 20.6 Å². The van der Waals surface area contributed by atoms with Crippen LogP contribution in [0.2, 0.25) is 0 Å². The van der Waals surface area contributed by atoms with E-state index >= 15 is 0 Å². The van der Waals surface area contributed by atoms with Gasteiger partial charge in [0.25, 0.3) is 5.91 Å². The fraction of sp³-hybridized carbons (Fsp3) is 0.333. The summed E-state index contributed by atoms with van der Waals surface area (Å²) in [4.78, 5) is 13.4. The van der Waals surface area contributed by atoms with Gasteiger partial charge in [0.1, 0.15) is 5.82 Å². The highest BCUT2D eigenvalue weighted by atomic mass is 19.1. The molecule has 1 aromatic carbocycles. The predicted octanol–water partition coefficient (Wildman–Crippen LogP) is 1.85. The van der Waals surface area contributed by atoms with Crippen LogP contribution in [0, 0.1) is 17.1 Å². The first-order chi connectivity index (χ1) is 8.11. The maximum atomic E-state index is 13.4. The van der Waals surface area contributed by atoms with Crippen LogP contribution in [0.1, 0.15) is 16.8 Å². The molecule has 0 aromatic heterocycles. The van der Waals surface area contributed by atoms with Gasteiger partial charge in [-0.2, -0.15) is 5.26 Å². The van der Waals surface area contributed by atoms with E-state index in [1.165, 1.54) is 17.0 Å². The second-order valence-electron chi connectivity index (χ2n) is 3.55. The number of carbonyl (C=O) groups is 1. The minimum absolute atomic E-state index is 0.182. The standard InChI is InChI=1S/C12H14FN3O/c1-15-11-9(5-3-6-10(11)13)12(17)16(2)8-4-7-14/h3,5-6,15H,4,8H2,1-2H3. The fourth-order valence-corrected chi connectivity index (χ4v) is 1.48. The average Bonchev–Trinajstić information content (AvgIpc) is 2.34. The minimum atomic E-state index is -0.466. The van der Waals surface area contributed by atoms with E-state index in [4.69, 9.17) is 5.26 Å². The van der Waals surface area contributed by atoms with E-state index in [9.17, 15) is 9.18 Å². The third-order valence-corrected chi connectivity index (χ3v) is 2.40. The third kappa shape index (κ3) is 2.94. The summed E-state index contributed by atoms with van der Waals surface area (Å²) in [6, 6.07) is 6.29. The van der Waals surface area contributed by atoms with Crippen LogP contribution >= 0.6 is 0 Å². The van der Waals surface area contributed by atoms with Crippen molar-refractivity contribution in [1.82, 2.24) is 4.90 Å². The zero-order valence-corrected chi connectivity index (χ0v) is 9.83. The molecular weight excluding hydrogens is 221 g/mol. The van der Waals surface area contributed by atoms with E-state index in [2.05, 4.69) is 5.32 Å². The van der Waals surface area contributed by atoms with Crippen molar-refractivity contribution in [2.45, 2.75) is 6.42 Å². The summed E-state index contributed by atoms with van der Waals surface area (Å²) >= 11 is 0. The molecule has 0 atom stereocenters. The highest BCUT2D eigenvalue weighted by Gasteiger charge is 2.17. The lowest BCUT2D eigenvalue weighted by Gasteiger charge is -2.17. The molecule has 1 aromatic rings. The Morgan fingerprint density at radius 1 is 1.59 bits per heavy atom. The zero-order chi connectivity index (χ0) is 12.8. The molecule has 0 saturated carbocycles. The summed E-state index contributed by atoms with van der Waals surface area (Å²) in [6.45, 7) is 0.328. The molecule has 0 heterocycles. The van der Waals surface area contributed by atoms with Crippen LogP contribution in [-0.4, -0.2) is 31.4 Å². The van der Waals surface area contributed by atoms with Crippen molar-refractivity contribution >= 4 is 11.6 Å². The molecule has 0 fully saturated rings. The van der Waals surface area contributed by atoms with Gasteiger partial charge in [-0.3, -0.25) is 4.79 Å². The van der Waals surface area contributed by atoms with Crippen LogP contribution in [0.3, 0.4) is 0 Å². The van der Waals surface area contributed by atoms with Gasteiger partial charge in [0.05, 0.1) is 23.7 Å². The topological polar surface area (TPSA) is 56.1 Å². The maximum absolute atomic E-state index is 13.4. The van der Waals surface area contributed by atoms with E-state index in [-0.39, 0.29) is 23.6 Å². The smallest absolute Gasteiger partial charge is 0.255 e. The number of hydrogen-bond acceptors (Lipinski definition) is 3. The molecule has 0 bridgehead atoms. The Hall–Kier alpha value is -2.09. The highest BCUT2D eigenvalue weighted by Crippen LogP contribution is 2.20. The molecule has 0 aliphatic heterocycles. The molecule has 1 amide bonds. The van der Waals surface area contributed by atoms with Gasteiger partial charge in [-0.05, 0) is 12.1 Å². The first kappa shape index (κ1) is 13.0. The van der Waals surface area contributed by atoms with Gasteiger partial charge < -0.3 is 10.2 Å². The lowest BCUT2D eigenvalue weighted by molar-refractivity contribution is 0.0798. The SMILES string of the molecule is CNc1c(F)cccc1C(=O)N(C)CCC#N. The molecule has 1 N–H and O–H groups in total. The van der Waals surface area contributed by atoms with Crippen molar-refractivity contribution in [1.29, 1.82) is 5.26 Å². The van der Waals surface area contributed by atoms with Crippen molar-refractivity contribution in [3.63, 3.8) is 0 Å². The van der Waals surface area contributed by atoms with Crippen molar-refractivity contribution in [3.8, 4) is 6.07 Å². The normalized spacial score (nSPS) is 9.53. The number of nitrogens with zero attached hydrogens (tertiary/aromatic N) is 2. The van der Waals surface area contributed by atoms with Crippen LogP contribution in [0.25, 0.3) is 0 Å². The Morgan fingerprint density at radius 3 is 2.88 bits per heavy atom. The number of para-hydroxylation sites is 1. The minimum Gasteiger partial charge on any atom is -0.385 e. The van der Waals surface area contributed by atoms with Crippen LogP contribution < -0.4 is 5.32 Å². The molecular formula is C12H14FN3O. The molecule has 0 saturated heterocycles. The quantitative estimate of drug-likeness (QED) is 0.866. The van der Waals surface area contributed by atoms with Gasteiger partial charge in [-0.1, -0.05) is 6.07 Å². The van der Waals surface area contributed by atoms with Crippen LogP contribution in [0.15, 0.2) is 18.2 Å². The van der Waals surface area contributed by atoms with Crippen LogP contribution in [-0.2, 0) is 0 Å². The van der Waals surface area contributed by atoms with Gasteiger partial charge in [0.15, 0.2) is 0 Å². The average molecular weight is 235 g/mol. The molecule has 0 radical (unpaired) electrons. The van der Waals surface area contributed by atoms with E-state index in [0.29, 0.717) is 6.54 Å². The van der Waals surface area contributed by atoms with Crippen LogP contribution in [0.4, 0.5) is 10.1 Å². The number of benzene rings is 1. The maximum Gasteiger partial charge on any atom is 0.255 e. The summed E-state index contributed by atoms with van der Waals surface area (Å²) in [5.74, 6) is -0.767. The zero-order valence-electron chi connectivity index (χ0n) is 9.83. The highest BCUT2D eigenvalue weighted by molar-refractivity contribution is 5.99. The Morgan fingerprint density at radius 2 is 2.29 bits per heavy atom. The molecule has 5 heteroatoms. The van der Waals surface area contributed by atoms with E-state index < -0.39 is 5.82 Å². The number of hydrogen-bond donors (Lipinski definition) is 1.